The van der Waals surface area contributed by atoms with E-state index >= 15 is 0 Å². The fraction of sp³-hybridized carbons (Fsp3) is 0.667. The van der Waals surface area contributed by atoms with Gasteiger partial charge in [-0.25, -0.2) is 0 Å². The Morgan fingerprint density at radius 3 is 2.88 bits per heavy atom. The summed E-state index contributed by atoms with van der Waals surface area (Å²) in [4.78, 5) is 0. The van der Waals surface area contributed by atoms with E-state index in [4.69, 9.17) is 16.3 Å². The van der Waals surface area contributed by atoms with E-state index in [0.29, 0.717) is 13.2 Å². The first-order valence-electron chi connectivity index (χ1n) is 2.60. The average molecular weight is 135 g/mol. The van der Waals surface area contributed by atoms with Crippen molar-refractivity contribution in [1.29, 1.82) is 0 Å². The molecule has 0 fully saturated rings. The maximum Gasteiger partial charge on any atom is 0.0645 e. The summed E-state index contributed by atoms with van der Waals surface area (Å²) in [5.41, 5.74) is 0. The maximum atomic E-state index is 5.55. The smallest absolute Gasteiger partial charge is 0.0645 e. The highest BCUT2D eigenvalue weighted by Gasteiger charge is 1.91. The summed E-state index contributed by atoms with van der Waals surface area (Å²) in [6, 6.07) is 0. The van der Waals surface area contributed by atoms with E-state index in [1.807, 2.05) is 6.92 Å². The van der Waals surface area contributed by atoms with Crippen molar-refractivity contribution in [1.82, 2.24) is 0 Å². The molecule has 0 aromatic heterocycles. The topological polar surface area (TPSA) is 9.23 Å². The Hall–Kier alpha value is -0.0100. The molecule has 1 atom stereocenters. The Morgan fingerprint density at radius 2 is 2.50 bits per heavy atom. The zero-order valence-electron chi connectivity index (χ0n) is 5.06. The highest BCUT2D eigenvalue weighted by Crippen LogP contribution is 1.92. The zero-order valence-corrected chi connectivity index (χ0v) is 5.82. The Morgan fingerprint density at radius 1 is 1.88 bits per heavy atom. The highest BCUT2D eigenvalue weighted by atomic mass is 35.5. The van der Waals surface area contributed by atoms with E-state index in [2.05, 4.69) is 6.58 Å². The standard InChI is InChI=1S/C6H11ClO/c1-3-4-8-5-6(2)7/h3,6H,1,4-5H2,2H3. The molecule has 8 heavy (non-hydrogen) atoms. The molecule has 0 aliphatic rings. The Bertz CT molecular complexity index is 61.5. The lowest BCUT2D eigenvalue weighted by molar-refractivity contribution is 0.165. The molecule has 0 saturated heterocycles. The van der Waals surface area contributed by atoms with Crippen LogP contribution in [0.5, 0.6) is 0 Å². The van der Waals surface area contributed by atoms with Crippen LogP contribution in [0.25, 0.3) is 0 Å². The molecule has 0 saturated carbocycles. The summed E-state index contributed by atoms with van der Waals surface area (Å²) < 4.78 is 4.99. The predicted octanol–water partition coefficient (Wildman–Crippen LogP) is 1.82. The van der Waals surface area contributed by atoms with Gasteiger partial charge in [-0.1, -0.05) is 6.08 Å². The van der Waals surface area contributed by atoms with Crippen LogP contribution in [0.15, 0.2) is 12.7 Å². The van der Waals surface area contributed by atoms with Crippen LogP contribution in [0.4, 0.5) is 0 Å². The first-order valence-corrected chi connectivity index (χ1v) is 3.03. The van der Waals surface area contributed by atoms with E-state index in [0.717, 1.165) is 0 Å². The van der Waals surface area contributed by atoms with Gasteiger partial charge in [-0.15, -0.1) is 18.2 Å². The largest absolute Gasteiger partial charge is 0.376 e. The summed E-state index contributed by atoms with van der Waals surface area (Å²) in [5.74, 6) is 0. The van der Waals surface area contributed by atoms with Crippen molar-refractivity contribution >= 4 is 11.6 Å². The van der Waals surface area contributed by atoms with Gasteiger partial charge in [0, 0.05) is 0 Å². The predicted molar refractivity (Wildman–Crippen MR) is 36.3 cm³/mol. The van der Waals surface area contributed by atoms with Crippen molar-refractivity contribution in [2.45, 2.75) is 12.3 Å². The summed E-state index contributed by atoms with van der Waals surface area (Å²) >= 11 is 5.55. The average Bonchev–Trinajstić information content (AvgIpc) is 1.66. The van der Waals surface area contributed by atoms with Gasteiger partial charge in [-0.3, -0.25) is 0 Å². The molecule has 0 bridgehead atoms. The minimum absolute atomic E-state index is 0.106. The third-order valence-electron chi connectivity index (χ3n) is 0.583. The second kappa shape index (κ2) is 5.13. The van der Waals surface area contributed by atoms with Gasteiger partial charge in [0.1, 0.15) is 0 Å². The van der Waals surface area contributed by atoms with Gasteiger partial charge < -0.3 is 4.74 Å². The molecule has 0 amide bonds. The summed E-state index contributed by atoms with van der Waals surface area (Å²) in [5, 5.41) is 0.106. The van der Waals surface area contributed by atoms with Gasteiger partial charge in [-0.05, 0) is 6.92 Å². The van der Waals surface area contributed by atoms with Crippen molar-refractivity contribution in [3.63, 3.8) is 0 Å². The van der Waals surface area contributed by atoms with Crippen LogP contribution in [0, 0.1) is 0 Å². The monoisotopic (exact) mass is 134 g/mol. The maximum absolute atomic E-state index is 5.55. The molecule has 0 aromatic carbocycles. The molecular weight excluding hydrogens is 124 g/mol. The zero-order chi connectivity index (χ0) is 6.41. The Kier molecular flexibility index (Phi) is 5.13. The minimum Gasteiger partial charge on any atom is -0.376 e. The molecule has 0 aliphatic heterocycles. The van der Waals surface area contributed by atoms with Crippen molar-refractivity contribution in [2.75, 3.05) is 13.2 Å². The highest BCUT2D eigenvalue weighted by molar-refractivity contribution is 6.20. The van der Waals surface area contributed by atoms with Crippen LogP contribution in [0.2, 0.25) is 0 Å². The first kappa shape index (κ1) is 7.99. The summed E-state index contributed by atoms with van der Waals surface area (Å²) in [6.07, 6.45) is 1.71. The Labute approximate surface area is 55.3 Å². The molecule has 0 heterocycles. The molecule has 1 nitrogen and oxygen atoms in total. The van der Waals surface area contributed by atoms with E-state index in [-0.39, 0.29) is 5.38 Å². The van der Waals surface area contributed by atoms with Gasteiger partial charge >= 0.3 is 0 Å². The van der Waals surface area contributed by atoms with E-state index < -0.39 is 0 Å². The van der Waals surface area contributed by atoms with Crippen molar-refractivity contribution in [3.8, 4) is 0 Å². The quantitative estimate of drug-likeness (QED) is 0.324. The Balaban J connectivity index is 2.81. The van der Waals surface area contributed by atoms with Crippen molar-refractivity contribution < 1.29 is 4.74 Å². The van der Waals surface area contributed by atoms with Gasteiger partial charge in [0.2, 0.25) is 0 Å². The normalized spacial score (nSPS) is 13.2. The van der Waals surface area contributed by atoms with E-state index in [1.165, 1.54) is 0 Å². The lowest BCUT2D eigenvalue weighted by Crippen LogP contribution is -2.03. The molecule has 2 heteroatoms. The van der Waals surface area contributed by atoms with Crippen LogP contribution < -0.4 is 0 Å². The number of halogens is 1. The molecule has 48 valence electrons. The van der Waals surface area contributed by atoms with Gasteiger partial charge in [0.25, 0.3) is 0 Å². The summed E-state index contributed by atoms with van der Waals surface area (Å²) in [6.45, 7) is 6.58. The van der Waals surface area contributed by atoms with Crippen LogP contribution in [-0.2, 0) is 4.74 Å². The van der Waals surface area contributed by atoms with Crippen LogP contribution in [-0.4, -0.2) is 18.6 Å². The number of rotatable bonds is 4. The number of ether oxygens (including phenoxy) is 1. The number of alkyl halides is 1. The van der Waals surface area contributed by atoms with Gasteiger partial charge in [0.15, 0.2) is 0 Å². The van der Waals surface area contributed by atoms with E-state index in [9.17, 15) is 0 Å². The molecule has 0 radical (unpaired) electrons. The van der Waals surface area contributed by atoms with Crippen LogP contribution in [0.1, 0.15) is 6.92 Å². The molecule has 0 aromatic rings. The van der Waals surface area contributed by atoms with Crippen molar-refractivity contribution in [2.24, 2.45) is 0 Å². The molecular formula is C6H11ClO. The third-order valence-corrected chi connectivity index (χ3v) is 0.709. The lowest BCUT2D eigenvalue weighted by atomic mass is 10.5. The lowest BCUT2D eigenvalue weighted by Gasteiger charge is -2.00. The summed E-state index contributed by atoms with van der Waals surface area (Å²) in [7, 11) is 0. The van der Waals surface area contributed by atoms with Crippen LogP contribution >= 0.6 is 11.6 Å². The number of hydrogen-bond donors (Lipinski definition) is 0. The third kappa shape index (κ3) is 5.99. The van der Waals surface area contributed by atoms with E-state index in [1.54, 1.807) is 6.08 Å². The van der Waals surface area contributed by atoms with Gasteiger partial charge in [-0.2, -0.15) is 0 Å². The molecule has 0 aliphatic carbocycles. The fourth-order valence-electron chi connectivity index (χ4n) is 0.314. The molecule has 0 N–H and O–H groups in total. The first-order chi connectivity index (χ1) is 3.77. The second-order valence-electron chi connectivity index (χ2n) is 1.61. The van der Waals surface area contributed by atoms with Gasteiger partial charge in [0.05, 0.1) is 18.6 Å². The van der Waals surface area contributed by atoms with Crippen LogP contribution in [0.3, 0.4) is 0 Å². The minimum atomic E-state index is 0.106. The molecule has 0 spiro atoms. The second-order valence-corrected chi connectivity index (χ2v) is 2.35. The molecule has 1 unspecified atom stereocenters. The molecule has 0 rings (SSSR count). The SMILES string of the molecule is C=CCOCC(C)Cl. The van der Waals surface area contributed by atoms with Crippen molar-refractivity contribution in [3.05, 3.63) is 12.7 Å². The number of hydrogen-bond acceptors (Lipinski definition) is 1. The fourth-order valence-corrected chi connectivity index (χ4v) is 0.403.